The summed E-state index contributed by atoms with van der Waals surface area (Å²) < 4.78 is 7.16. The number of ether oxygens (including phenoxy) is 1. The van der Waals surface area contributed by atoms with E-state index in [-0.39, 0.29) is 5.97 Å². The normalized spacial score (nSPS) is 14.8. The Morgan fingerprint density at radius 1 is 1.30 bits per heavy atom. The summed E-state index contributed by atoms with van der Waals surface area (Å²) in [5, 5.41) is 1.02. The van der Waals surface area contributed by atoms with E-state index in [4.69, 9.17) is 4.74 Å². The molecule has 0 N–H and O–H groups in total. The molecule has 0 radical (unpaired) electrons. The molecule has 0 unspecified atom stereocenters. The van der Waals surface area contributed by atoms with Crippen LogP contribution < -0.4 is 0 Å². The average molecular weight is 272 g/mol. The van der Waals surface area contributed by atoms with Gasteiger partial charge in [0.2, 0.25) is 0 Å². The fourth-order valence-corrected chi connectivity index (χ4v) is 3.31. The summed E-state index contributed by atoms with van der Waals surface area (Å²) >= 11 is 0. The minimum absolute atomic E-state index is 0.244. The SMILES string of the molecule is CCn1c(C)c(C(=O)OC)c2cc3c(cc21)CN(C)C3. The first-order valence-corrected chi connectivity index (χ1v) is 6.98. The van der Waals surface area contributed by atoms with Crippen molar-refractivity contribution in [1.29, 1.82) is 0 Å². The minimum Gasteiger partial charge on any atom is -0.465 e. The Bertz CT molecular complexity index is 700. The van der Waals surface area contributed by atoms with Gasteiger partial charge in [-0.2, -0.15) is 0 Å². The van der Waals surface area contributed by atoms with E-state index in [1.54, 1.807) is 0 Å². The molecule has 1 aromatic heterocycles. The van der Waals surface area contributed by atoms with Crippen LogP contribution in [0, 0.1) is 6.92 Å². The average Bonchev–Trinajstić information content (AvgIpc) is 2.90. The smallest absolute Gasteiger partial charge is 0.340 e. The van der Waals surface area contributed by atoms with Crippen LogP contribution in [0.1, 0.15) is 34.1 Å². The number of aromatic nitrogens is 1. The van der Waals surface area contributed by atoms with Crippen molar-refractivity contribution in [3.05, 3.63) is 34.5 Å². The zero-order chi connectivity index (χ0) is 14.4. The van der Waals surface area contributed by atoms with Gasteiger partial charge in [0.05, 0.1) is 12.7 Å². The van der Waals surface area contributed by atoms with Gasteiger partial charge >= 0.3 is 5.97 Å². The Hall–Kier alpha value is -1.81. The van der Waals surface area contributed by atoms with E-state index in [1.165, 1.54) is 18.2 Å². The molecule has 3 rings (SSSR count). The first kappa shape index (κ1) is 13.2. The van der Waals surface area contributed by atoms with Crippen molar-refractivity contribution < 1.29 is 9.53 Å². The Morgan fingerprint density at radius 2 is 1.95 bits per heavy atom. The van der Waals surface area contributed by atoms with Crippen molar-refractivity contribution in [3.8, 4) is 0 Å². The van der Waals surface area contributed by atoms with Gasteiger partial charge in [-0.1, -0.05) is 0 Å². The van der Waals surface area contributed by atoms with Crippen LogP contribution in [-0.2, 0) is 24.4 Å². The molecule has 20 heavy (non-hydrogen) atoms. The molecule has 4 heteroatoms. The van der Waals surface area contributed by atoms with Gasteiger partial charge in [-0.15, -0.1) is 0 Å². The van der Waals surface area contributed by atoms with Crippen molar-refractivity contribution >= 4 is 16.9 Å². The van der Waals surface area contributed by atoms with Crippen LogP contribution >= 0.6 is 0 Å². The van der Waals surface area contributed by atoms with Gasteiger partial charge in [-0.3, -0.25) is 4.90 Å². The van der Waals surface area contributed by atoms with Crippen molar-refractivity contribution in [2.24, 2.45) is 0 Å². The van der Waals surface area contributed by atoms with Gasteiger partial charge in [0.25, 0.3) is 0 Å². The molecule has 1 aromatic carbocycles. The summed E-state index contributed by atoms with van der Waals surface area (Å²) in [7, 11) is 3.56. The van der Waals surface area contributed by atoms with Gasteiger partial charge < -0.3 is 9.30 Å². The van der Waals surface area contributed by atoms with E-state index in [2.05, 4.69) is 35.6 Å². The molecule has 0 fully saturated rings. The lowest BCUT2D eigenvalue weighted by Gasteiger charge is -2.05. The highest BCUT2D eigenvalue weighted by atomic mass is 16.5. The molecule has 0 saturated heterocycles. The zero-order valence-corrected chi connectivity index (χ0v) is 12.5. The van der Waals surface area contributed by atoms with Crippen LogP contribution in [0.25, 0.3) is 10.9 Å². The van der Waals surface area contributed by atoms with Gasteiger partial charge in [-0.05, 0) is 44.2 Å². The number of methoxy groups -OCH3 is 1. The third-order valence-corrected chi connectivity index (χ3v) is 4.23. The highest BCUT2D eigenvalue weighted by molar-refractivity contribution is 6.06. The van der Waals surface area contributed by atoms with Crippen LogP contribution in [0.4, 0.5) is 0 Å². The van der Waals surface area contributed by atoms with Crippen molar-refractivity contribution in [3.63, 3.8) is 0 Å². The molecule has 2 heterocycles. The van der Waals surface area contributed by atoms with E-state index in [0.29, 0.717) is 5.56 Å². The summed E-state index contributed by atoms with van der Waals surface area (Å²) in [4.78, 5) is 14.4. The third-order valence-electron chi connectivity index (χ3n) is 4.23. The lowest BCUT2D eigenvalue weighted by molar-refractivity contribution is 0.0602. The number of aryl methyl sites for hydroxylation is 1. The Labute approximate surface area is 118 Å². The third kappa shape index (κ3) is 1.75. The maximum atomic E-state index is 12.1. The lowest BCUT2D eigenvalue weighted by Crippen LogP contribution is -2.07. The lowest BCUT2D eigenvalue weighted by atomic mass is 10.0. The summed E-state index contributed by atoms with van der Waals surface area (Å²) in [6.45, 7) is 6.88. The molecule has 0 atom stereocenters. The first-order chi connectivity index (χ1) is 9.56. The second kappa shape index (κ2) is 4.63. The molecule has 1 aliphatic rings. The second-order valence-corrected chi connectivity index (χ2v) is 5.51. The molecule has 1 aliphatic heterocycles. The van der Waals surface area contributed by atoms with E-state index in [9.17, 15) is 4.79 Å². The topological polar surface area (TPSA) is 34.5 Å². The number of carbonyl (C=O) groups is 1. The number of hydrogen-bond acceptors (Lipinski definition) is 3. The van der Waals surface area contributed by atoms with Crippen molar-refractivity contribution in [1.82, 2.24) is 9.47 Å². The number of hydrogen-bond donors (Lipinski definition) is 0. The monoisotopic (exact) mass is 272 g/mol. The fourth-order valence-electron chi connectivity index (χ4n) is 3.31. The molecule has 0 bridgehead atoms. The van der Waals surface area contributed by atoms with Gasteiger partial charge in [-0.25, -0.2) is 4.79 Å². The predicted octanol–water partition coefficient (Wildman–Crippen LogP) is 2.70. The quantitative estimate of drug-likeness (QED) is 0.788. The van der Waals surface area contributed by atoms with Crippen LogP contribution in [-0.4, -0.2) is 29.6 Å². The van der Waals surface area contributed by atoms with Gasteiger partial charge in [0, 0.05) is 36.2 Å². The molecule has 0 aliphatic carbocycles. The van der Waals surface area contributed by atoms with E-state index in [0.717, 1.165) is 36.2 Å². The second-order valence-electron chi connectivity index (χ2n) is 5.51. The van der Waals surface area contributed by atoms with Crippen LogP contribution in [0.3, 0.4) is 0 Å². The number of rotatable bonds is 2. The highest BCUT2D eigenvalue weighted by Gasteiger charge is 2.24. The highest BCUT2D eigenvalue weighted by Crippen LogP contribution is 2.32. The number of benzene rings is 1. The molecular formula is C16H20N2O2. The predicted molar refractivity (Wildman–Crippen MR) is 78.9 cm³/mol. The molecule has 4 nitrogen and oxygen atoms in total. The fraction of sp³-hybridized carbons (Fsp3) is 0.438. The summed E-state index contributed by atoms with van der Waals surface area (Å²) in [5.41, 5.74) is 5.52. The molecule has 0 amide bonds. The molecule has 0 saturated carbocycles. The Balaban J connectivity index is 2.32. The summed E-state index contributed by atoms with van der Waals surface area (Å²) in [6, 6.07) is 4.40. The van der Waals surface area contributed by atoms with Gasteiger partial charge in [0.15, 0.2) is 0 Å². The maximum Gasteiger partial charge on any atom is 0.340 e. The molecule has 0 spiro atoms. The number of fused-ring (bicyclic) bond motifs is 2. The van der Waals surface area contributed by atoms with Crippen molar-refractivity contribution in [2.45, 2.75) is 33.5 Å². The van der Waals surface area contributed by atoms with E-state index in [1.807, 2.05) is 6.92 Å². The molecular weight excluding hydrogens is 252 g/mol. The number of esters is 1. The molecule has 106 valence electrons. The van der Waals surface area contributed by atoms with E-state index < -0.39 is 0 Å². The van der Waals surface area contributed by atoms with Crippen LogP contribution in [0.15, 0.2) is 12.1 Å². The van der Waals surface area contributed by atoms with Gasteiger partial charge in [0.1, 0.15) is 0 Å². The standard InChI is InChI=1S/C16H20N2O2/c1-5-18-10(2)15(16(19)20-4)13-6-11-8-17(3)9-12(11)7-14(13)18/h6-7H,5,8-9H2,1-4H3. The number of nitrogens with zero attached hydrogens (tertiary/aromatic N) is 2. The zero-order valence-electron chi connectivity index (χ0n) is 12.5. The maximum absolute atomic E-state index is 12.1. The summed E-state index contributed by atoms with van der Waals surface area (Å²) in [6.07, 6.45) is 0. The van der Waals surface area contributed by atoms with Crippen LogP contribution in [0.5, 0.6) is 0 Å². The molecule has 2 aromatic rings. The minimum atomic E-state index is -0.244. The summed E-state index contributed by atoms with van der Waals surface area (Å²) in [5.74, 6) is -0.244. The van der Waals surface area contributed by atoms with Crippen LogP contribution in [0.2, 0.25) is 0 Å². The van der Waals surface area contributed by atoms with E-state index >= 15 is 0 Å². The Kier molecular flexibility index (Phi) is 3.05. The number of carbonyl (C=O) groups excluding carboxylic acids is 1. The van der Waals surface area contributed by atoms with Crippen molar-refractivity contribution in [2.75, 3.05) is 14.2 Å². The Morgan fingerprint density at radius 3 is 2.55 bits per heavy atom. The first-order valence-electron chi connectivity index (χ1n) is 6.98. The largest absolute Gasteiger partial charge is 0.465 e.